The number of nitrogens with zero attached hydrogens (tertiary/aromatic N) is 1. The van der Waals surface area contributed by atoms with E-state index in [1.165, 1.54) is 5.56 Å². The molecule has 1 aliphatic heterocycles. The molecule has 1 saturated heterocycles. The Labute approximate surface area is 107 Å². The van der Waals surface area contributed by atoms with Crippen molar-refractivity contribution in [3.63, 3.8) is 0 Å². The molecule has 1 aromatic carbocycles. The van der Waals surface area contributed by atoms with E-state index < -0.39 is 12.1 Å². The van der Waals surface area contributed by atoms with E-state index in [1.54, 1.807) is 0 Å². The van der Waals surface area contributed by atoms with Crippen LogP contribution in [0.4, 0.5) is 0 Å². The predicted octanol–water partition coefficient (Wildman–Crippen LogP) is 1.39. The van der Waals surface area contributed by atoms with Crippen LogP contribution in [0.15, 0.2) is 30.3 Å². The normalized spacial score (nSPS) is 20.6. The zero-order valence-electron chi connectivity index (χ0n) is 9.41. The molecule has 0 spiro atoms. The molecule has 5 heteroatoms. The summed E-state index contributed by atoms with van der Waals surface area (Å²) in [7, 11) is 0. The average molecular weight is 258 g/mol. The maximum Gasteiger partial charge on any atom is 0.334 e. The van der Waals surface area contributed by atoms with Gasteiger partial charge in [0.1, 0.15) is 0 Å². The van der Waals surface area contributed by atoms with Crippen molar-refractivity contribution in [2.75, 3.05) is 19.7 Å². The topological polar surface area (TPSA) is 49.8 Å². The first kappa shape index (κ1) is 14.0. The lowest BCUT2D eigenvalue weighted by molar-refractivity contribution is -0.156. The van der Waals surface area contributed by atoms with E-state index in [-0.39, 0.29) is 12.4 Å². The lowest BCUT2D eigenvalue weighted by Crippen LogP contribution is -2.45. The first-order chi connectivity index (χ1) is 7.75. The van der Waals surface area contributed by atoms with Crippen molar-refractivity contribution >= 4 is 18.4 Å². The van der Waals surface area contributed by atoms with E-state index >= 15 is 0 Å². The van der Waals surface area contributed by atoms with Gasteiger partial charge < -0.3 is 9.84 Å². The lowest BCUT2D eigenvalue weighted by atomic mass is 10.2. The minimum absolute atomic E-state index is 0. The minimum atomic E-state index is -0.877. The molecular weight excluding hydrogens is 242 g/mol. The molecule has 17 heavy (non-hydrogen) atoms. The molecule has 0 aromatic heterocycles. The van der Waals surface area contributed by atoms with Gasteiger partial charge in [-0.05, 0) is 5.56 Å². The van der Waals surface area contributed by atoms with Gasteiger partial charge >= 0.3 is 5.97 Å². The van der Waals surface area contributed by atoms with Crippen LogP contribution in [-0.2, 0) is 16.1 Å². The van der Waals surface area contributed by atoms with Crippen molar-refractivity contribution in [3.05, 3.63) is 35.9 Å². The largest absolute Gasteiger partial charge is 0.479 e. The number of carboxylic acids is 1. The maximum absolute atomic E-state index is 10.8. The number of carbonyl (C=O) groups is 1. The Balaban J connectivity index is 0.00000144. The molecule has 0 unspecified atom stereocenters. The predicted molar refractivity (Wildman–Crippen MR) is 66.3 cm³/mol. The molecule has 1 heterocycles. The van der Waals surface area contributed by atoms with E-state index in [2.05, 4.69) is 4.90 Å². The van der Waals surface area contributed by atoms with Gasteiger partial charge in [-0.2, -0.15) is 0 Å². The standard InChI is InChI=1S/C12H15NO3.ClH/c14-12(15)11-9-13(6-7-16-11)8-10-4-2-1-3-5-10;/h1-5,11H,6-9H2,(H,14,15);1H/t11-;/m0./s1. The fourth-order valence-electron chi connectivity index (χ4n) is 1.84. The van der Waals surface area contributed by atoms with Crippen molar-refractivity contribution in [1.82, 2.24) is 4.90 Å². The first-order valence-corrected chi connectivity index (χ1v) is 5.36. The molecule has 0 bridgehead atoms. The third-order valence-corrected chi connectivity index (χ3v) is 2.68. The highest BCUT2D eigenvalue weighted by molar-refractivity contribution is 5.85. The Morgan fingerprint density at radius 2 is 2.12 bits per heavy atom. The van der Waals surface area contributed by atoms with Crippen molar-refractivity contribution < 1.29 is 14.6 Å². The molecule has 1 aliphatic rings. The number of ether oxygens (including phenoxy) is 1. The molecule has 1 aromatic rings. The van der Waals surface area contributed by atoms with Crippen molar-refractivity contribution in [2.45, 2.75) is 12.6 Å². The summed E-state index contributed by atoms with van der Waals surface area (Å²) in [5, 5.41) is 8.87. The molecule has 2 rings (SSSR count). The second-order valence-corrected chi connectivity index (χ2v) is 3.92. The second kappa shape index (κ2) is 6.59. The van der Waals surface area contributed by atoms with Gasteiger partial charge in [-0.3, -0.25) is 4.90 Å². The van der Waals surface area contributed by atoms with E-state index in [4.69, 9.17) is 9.84 Å². The van der Waals surface area contributed by atoms with Crippen LogP contribution in [0.5, 0.6) is 0 Å². The molecule has 1 fully saturated rings. The van der Waals surface area contributed by atoms with E-state index in [9.17, 15) is 4.79 Å². The summed E-state index contributed by atoms with van der Waals surface area (Å²) in [5.74, 6) is -0.877. The summed E-state index contributed by atoms with van der Waals surface area (Å²) < 4.78 is 5.17. The van der Waals surface area contributed by atoms with Gasteiger partial charge in [-0.15, -0.1) is 12.4 Å². The highest BCUT2D eigenvalue weighted by atomic mass is 35.5. The van der Waals surface area contributed by atoms with Gasteiger partial charge in [0.2, 0.25) is 0 Å². The number of benzene rings is 1. The van der Waals surface area contributed by atoms with Crippen LogP contribution in [0.25, 0.3) is 0 Å². The number of hydrogen-bond acceptors (Lipinski definition) is 3. The summed E-state index contributed by atoms with van der Waals surface area (Å²) in [6, 6.07) is 10.0. The Morgan fingerprint density at radius 1 is 1.41 bits per heavy atom. The first-order valence-electron chi connectivity index (χ1n) is 5.36. The van der Waals surface area contributed by atoms with Gasteiger partial charge in [0, 0.05) is 19.6 Å². The molecule has 4 nitrogen and oxygen atoms in total. The molecule has 0 amide bonds. The van der Waals surface area contributed by atoms with Gasteiger partial charge in [0.05, 0.1) is 6.61 Å². The van der Waals surface area contributed by atoms with Gasteiger partial charge in [-0.1, -0.05) is 30.3 Å². The Kier molecular flexibility index (Phi) is 5.41. The third-order valence-electron chi connectivity index (χ3n) is 2.68. The smallest absolute Gasteiger partial charge is 0.334 e. The Hall–Kier alpha value is -1.10. The van der Waals surface area contributed by atoms with E-state index in [0.717, 1.165) is 13.1 Å². The molecule has 0 radical (unpaired) electrons. The zero-order valence-corrected chi connectivity index (χ0v) is 10.2. The molecule has 94 valence electrons. The zero-order chi connectivity index (χ0) is 11.4. The van der Waals surface area contributed by atoms with Crippen LogP contribution >= 0.6 is 12.4 Å². The monoisotopic (exact) mass is 257 g/mol. The number of hydrogen-bond donors (Lipinski definition) is 1. The Bertz CT molecular complexity index is 358. The van der Waals surface area contributed by atoms with Crippen molar-refractivity contribution in [3.8, 4) is 0 Å². The summed E-state index contributed by atoms with van der Waals surface area (Å²) in [4.78, 5) is 12.9. The van der Waals surface area contributed by atoms with Crippen LogP contribution in [0.1, 0.15) is 5.56 Å². The molecule has 0 saturated carbocycles. The van der Waals surface area contributed by atoms with Gasteiger partial charge in [0.15, 0.2) is 6.10 Å². The summed E-state index contributed by atoms with van der Waals surface area (Å²) in [6.45, 7) is 2.53. The average Bonchev–Trinajstić information content (AvgIpc) is 2.30. The number of morpholine rings is 1. The molecule has 1 atom stereocenters. The van der Waals surface area contributed by atoms with E-state index in [0.29, 0.717) is 13.2 Å². The molecular formula is C12H16ClNO3. The summed E-state index contributed by atoms with van der Waals surface area (Å²) in [6.07, 6.45) is -0.683. The van der Waals surface area contributed by atoms with Crippen molar-refractivity contribution in [2.24, 2.45) is 0 Å². The minimum Gasteiger partial charge on any atom is -0.479 e. The SMILES string of the molecule is Cl.O=C(O)[C@@H]1CN(Cc2ccccc2)CCO1. The number of carboxylic acid groups (broad SMARTS) is 1. The highest BCUT2D eigenvalue weighted by Crippen LogP contribution is 2.10. The number of aliphatic carboxylic acids is 1. The second-order valence-electron chi connectivity index (χ2n) is 3.92. The molecule has 1 N–H and O–H groups in total. The van der Waals surface area contributed by atoms with Gasteiger partial charge in [0.25, 0.3) is 0 Å². The number of halogens is 1. The van der Waals surface area contributed by atoms with Crippen molar-refractivity contribution in [1.29, 1.82) is 0 Å². The quantitative estimate of drug-likeness (QED) is 0.889. The number of rotatable bonds is 3. The fourth-order valence-corrected chi connectivity index (χ4v) is 1.84. The van der Waals surface area contributed by atoms with Crippen LogP contribution in [0, 0.1) is 0 Å². The third kappa shape index (κ3) is 4.00. The van der Waals surface area contributed by atoms with Crippen LogP contribution in [0.3, 0.4) is 0 Å². The van der Waals surface area contributed by atoms with Crippen LogP contribution in [0.2, 0.25) is 0 Å². The maximum atomic E-state index is 10.8. The highest BCUT2D eigenvalue weighted by Gasteiger charge is 2.25. The molecule has 0 aliphatic carbocycles. The summed E-state index contributed by atoms with van der Waals surface area (Å²) >= 11 is 0. The van der Waals surface area contributed by atoms with E-state index in [1.807, 2.05) is 30.3 Å². The van der Waals surface area contributed by atoms with Crippen LogP contribution in [-0.4, -0.2) is 41.8 Å². The van der Waals surface area contributed by atoms with Gasteiger partial charge in [-0.25, -0.2) is 4.79 Å². The Morgan fingerprint density at radius 3 is 2.76 bits per heavy atom. The van der Waals surface area contributed by atoms with Crippen LogP contribution < -0.4 is 0 Å². The fraction of sp³-hybridized carbons (Fsp3) is 0.417. The lowest BCUT2D eigenvalue weighted by Gasteiger charge is -2.30. The summed E-state index contributed by atoms with van der Waals surface area (Å²) in [5.41, 5.74) is 1.20.